The van der Waals surface area contributed by atoms with Gasteiger partial charge in [0.2, 0.25) is 5.88 Å². The molecular weight excluding hydrogens is 322 g/mol. The number of nitrogen functional groups attached to an aromatic ring is 1. The van der Waals surface area contributed by atoms with Crippen LogP contribution in [0.4, 0.5) is 11.4 Å². The van der Waals surface area contributed by atoms with E-state index in [4.69, 9.17) is 22.1 Å². The van der Waals surface area contributed by atoms with Gasteiger partial charge >= 0.3 is 0 Å². The Hall–Kier alpha value is -1.94. The molecule has 0 bridgehead atoms. The van der Waals surface area contributed by atoms with E-state index in [0.717, 1.165) is 41.1 Å². The number of pyridine rings is 1. The average molecular weight is 348 g/mol. The van der Waals surface area contributed by atoms with Crippen molar-refractivity contribution in [3.63, 3.8) is 0 Å². The maximum atomic E-state index is 6.31. The second-order valence-corrected chi connectivity index (χ2v) is 6.59. The molecule has 0 fully saturated rings. The van der Waals surface area contributed by atoms with Crippen LogP contribution in [0.1, 0.15) is 43.5 Å². The lowest BCUT2D eigenvalue weighted by Crippen LogP contribution is -2.18. The van der Waals surface area contributed by atoms with E-state index in [-0.39, 0.29) is 0 Å². The van der Waals surface area contributed by atoms with Gasteiger partial charge in [-0.05, 0) is 62.9 Å². The third kappa shape index (κ3) is 4.12. The van der Waals surface area contributed by atoms with E-state index in [1.807, 2.05) is 39.0 Å². The molecule has 5 heteroatoms. The Kier molecular flexibility index (Phi) is 5.94. The fourth-order valence-electron chi connectivity index (χ4n) is 2.72. The number of hydrogen-bond donors (Lipinski definition) is 2. The topological polar surface area (TPSA) is 60.2 Å². The normalized spacial score (nSPS) is 11.0. The second-order valence-electron chi connectivity index (χ2n) is 6.16. The molecule has 0 atom stereocenters. The van der Waals surface area contributed by atoms with Crippen molar-refractivity contribution in [3.05, 3.63) is 40.0 Å². The van der Waals surface area contributed by atoms with Crippen LogP contribution in [0.3, 0.4) is 0 Å². The fourth-order valence-corrected chi connectivity index (χ4v) is 3.05. The van der Waals surface area contributed by atoms with Gasteiger partial charge < -0.3 is 15.8 Å². The molecule has 2 aromatic rings. The SMILES string of the molecule is CCC(CC)Nc1cc(C)nc(Oc2c(C)cc(Cl)cc2C)c1N. The summed E-state index contributed by atoms with van der Waals surface area (Å²) in [4.78, 5) is 4.47. The smallest absolute Gasteiger partial charge is 0.245 e. The third-order valence-corrected chi connectivity index (χ3v) is 4.34. The molecule has 24 heavy (non-hydrogen) atoms. The van der Waals surface area contributed by atoms with Crippen LogP contribution in [-0.2, 0) is 0 Å². The maximum absolute atomic E-state index is 6.31. The quantitative estimate of drug-likeness (QED) is 0.710. The lowest BCUT2D eigenvalue weighted by Gasteiger charge is -2.20. The van der Waals surface area contributed by atoms with E-state index in [1.54, 1.807) is 0 Å². The van der Waals surface area contributed by atoms with Crippen molar-refractivity contribution in [3.8, 4) is 11.6 Å². The minimum Gasteiger partial charge on any atom is -0.436 e. The molecule has 4 nitrogen and oxygen atoms in total. The Morgan fingerprint density at radius 1 is 1.12 bits per heavy atom. The number of hydrogen-bond acceptors (Lipinski definition) is 4. The Balaban J connectivity index is 2.39. The minimum atomic E-state index is 0.376. The highest BCUT2D eigenvalue weighted by atomic mass is 35.5. The van der Waals surface area contributed by atoms with Crippen molar-refractivity contribution in [1.82, 2.24) is 4.98 Å². The highest BCUT2D eigenvalue weighted by molar-refractivity contribution is 6.30. The Morgan fingerprint density at radius 3 is 2.25 bits per heavy atom. The van der Waals surface area contributed by atoms with E-state index in [1.165, 1.54) is 0 Å². The summed E-state index contributed by atoms with van der Waals surface area (Å²) in [6.45, 7) is 10.2. The number of rotatable bonds is 6. The van der Waals surface area contributed by atoms with Crippen molar-refractivity contribution >= 4 is 23.0 Å². The lowest BCUT2D eigenvalue weighted by molar-refractivity contribution is 0.457. The molecule has 0 aliphatic carbocycles. The Morgan fingerprint density at radius 2 is 1.71 bits per heavy atom. The van der Waals surface area contributed by atoms with Gasteiger partial charge in [0.1, 0.15) is 11.4 Å². The van der Waals surface area contributed by atoms with Crippen LogP contribution in [-0.4, -0.2) is 11.0 Å². The molecule has 1 aromatic heterocycles. The number of nitrogens with zero attached hydrogens (tertiary/aromatic N) is 1. The van der Waals surface area contributed by atoms with E-state index >= 15 is 0 Å². The first-order chi connectivity index (χ1) is 11.3. The zero-order valence-electron chi connectivity index (χ0n) is 15.0. The fraction of sp³-hybridized carbons (Fsp3) is 0.421. The van der Waals surface area contributed by atoms with Crippen molar-refractivity contribution in [1.29, 1.82) is 0 Å². The zero-order chi connectivity index (χ0) is 17.9. The highest BCUT2D eigenvalue weighted by Gasteiger charge is 2.15. The predicted octanol–water partition coefficient (Wildman–Crippen LogP) is 5.64. The number of benzene rings is 1. The van der Waals surface area contributed by atoms with E-state index in [0.29, 0.717) is 22.6 Å². The Bertz CT molecular complexity index is 704. The van der Waals surface area contributed by atoms with Crippen LogP contribution in [0.25, 0.3) is 0 Å². The van der Waals surface area contributed by atoms with Crippen molar-refractivity contribution in [2.75, 3.05) is 11.1 Å². The summed E-state index contributed by atoms with van der Waals surface area (Å²) >= 11 is 6.09. The molecule has 0 amide bonds. The van der Waals surface area contributed by atoms with Gasteiger partial charge in [0.25, 0.3) is 0 Å². The third-order valence-electron chi connectivity index (χ3n) is 4.12. The van der Waals surface area contributed by atoms with E-state index in [9.17, 15) is 0 Å². The largest absolute Gasteiger partial charge is 0.436 e. The number of nitrogens with two attached hydrogens (primary N) is 1. The van der Waals surface area contributed by atoms with Crippen molar-refractivity contribution < 1.29 is 4.74 Å². The summed E-state index contributed by atoms with van der Waals surface area (Å²) in [6.07, 6.45) is 2.06. The molecule has 0 unspecified atom stereocenters. The number of anilines is 2. The predicted molar refractivity (Wildman–Crippen MR) is 102 cm³/mol. The average Bonchev–Trinajstić information content (AvgIpc) is 2.52. The molecule has 1 heterocycles. The number of halogens is 1. The molecule has 130 valence electrons. The molecule has 2 rings (SSSR count). The number of nitrogens with one attached hydrogen (secondary N) is 1. The van der Waals surface area contributed by atoms with E-state index in [2.05, 4.69) is 24.1 Å². The summed E-state index contributed by atoms with van der Waals surface area (Å²) in [7, 11) is 0. The molecule has 3 N–H and O–H groups in total. The molecule has 0 radical (unpaired) electrons. The summed E-state index contributed by atoms with van der Waals surface area (Å²) in [5.74, 6) is 1.18. The number of aromatic nitrogens is 1. The standard InChI is InChI=1S/C19H26ClN3O/c1-6-15(7-2)23-16-10-13(5)22-19(17(16)21)24-18-11(3)8-14(20)9-12(18)4/h8-10,15H,6-7,21H2,1-5H3,(H,22,23). The molecule has 0 spiro atoms. The molecule has 0 aliphatic heterocycles. The molecule has 0 saturated heterocycles. The van der Waals surface area contributed by atoms with Gasteiger partial charge in [0, 0.05) is 16.8 Å². The number of ether oxygens (including phenoxy) is 1. The van der Waals surface area contributed by atoms with Gasteiger partial charge in [-0.2, -0.15) is 0 Å². The van der Waals surface area contributed by atoms with Gasteiger partial charge in [-0.25, -0.2) is 4.98 Å². The lowest BCUT2D eigenvalue weighted by atomic mass is 10.1. The Labute approximate surface area is 149 Å². The first-order valence-electron chi connectivity index (χ1n) is 8.33. The zero-order valence-corrected chi connectivity index (χ0v) is 15.8. The van der Waals surface area contributed by atoms with Gasteiger partial charge in [0.15, 0.2) is 0 Å². The second kappa shape index (κ2) is 7.75. The minimum absolute atomic E-state index is 0.376. The summed E-state index contributed by atoms with van der Waals surface area (Å²) < 4.78 is 6.06. The van der Waals surface area contributed by atoms with Crippen LogP contribution in [0.2, 0.25) is 5.02 Å². The molecule has 0 aliphatic rings. The van der Waals surface area contributed by atoms with Gasteiger partial charge in [-0.15, -0.1) is 0 Å². The first kappa shape index (κ1) is 18.4. The first-order valence-corrected chi connectivity index (χ1v) is 8.71. The summed E-state index contributed by atoms with van der Waals surface area (Å²) in [5.41, 5.74) is 10.5. The van der Waals surface area contributed by atoms with Gasteiger partial charge in [-0.1, -0.05) is 25.4 Å². The van der Waals surface area contributed by atoms with Gasteiger partial charge in [-0.3, -0.25) is 0 Å². The number of aryl methyl sites for hydroxylation is 3. The van der Waals surface area contributed by atoms with Crippen LogP contribution in [0.15, 0.2) is 18.2 Å². The van der Waals surface area contributed by atoms with E-state index < -0.39 is 0 Å². The summed E-state index contributed by atoms with van der Waals surface area (Å²) in [5, 5.41) is 4.18. The van der Waals surface area contributed by atoms with Crippen LogP contribution < -0.4 is 15.8 Å². The maximum Gasteiger partial charge on any atom is 0.245 e. The van der Waals surface area contributed by atoms with Crippen LogP contribution in [0.5, 0.6) is 11.6 Å². The van der Waals surface area contributed by atoms with Gasteiger partial charge in [0.05, 0.1) is 5.69 Å². The van der Waals surface area contributed by atoms with Crippen molar-refractivity contribution in [2.24, 2.45) is 0 Å². The van der Waals surface area contributed by atoms with Crippen molar-refractivity contribution in [2.45, 2.75) is 53.5 Å². The highest BCUT2D eigenvalue weighted by Crippen LogP contribution is 2.36. The molecule has 1 aromatic carbocycles. The van der Waals surface area contributed by atoms with Crippen LogP contribution >= 0.6 is 11.6 Å². The summed E-state index contributed by atoms with van der Waals surface area (Å²) in [6, 6.07) is 6.08. The van der Waals surface area contributed by atoms with Crippen LogP contribution in [0, 0.1) is 20.8 Å². The molecule has 0 saturated carbocycles. The monoisotopic (exact) mass is 347 g/mol. The molecular formula is C19H26ClN3O.